The molecule has 0 bridgehead atoms. The molecule has 0 radical (unpaired) electrons. The molecule has 2 aliphatic rings. The van der Waals surface area contributed by atoms with E-state index in [9.17, 15) is 0 Å². The van der Waals surface area contributed by atoms with Crippen molar-refractivity contribution in [3.8, 4) is 0 Å². The maximum Gasteiger partial charge on any atom is 0.185 e. The van der Waals surface area contributed by atoms with Gasteiger partial charge in [0.05, 0.1) is 5.69 Å². The molecule has 1 atom stereocenters. The van der Waals surface area contributed by atoms with Crippen molar-refractivity contribution in [2.75, 3.05) is 31.1 Å². The summed E-state index contributed by atoms with van der Waals surface area (Å²) in [5.41, 5.74) is 1.18. The van der Waals surface area contributed by atoms with Crippen molar-refractivity contribution in [3.63, 3.8) is 0 Å². The smallest absolute Gasteiger partial charge is 0.185 e. The molecule has 4 nitrogen and oxygen atoms in total. The number of hydrogen-bond acceptors (Lipinski definition) is 5. The lowest BCUT2D eigenvalue weighted by atomic mass is 10.00. The number of anilines is 1. The summed E-state index contributed by atoms with van der Waals surface area (Å²) >= 11 is 1.80. The Hall–Kier alpha value is -0.650. The Morgan fingerprint density at radius 1 is 1.35 bits per heavy atom. The van der Waals surface area contributed by atoms with Crippen molar-refractivity contribution in [1.82, 2.24) is 15.2 Å². The van der Waals surface area contributed by atoms with Crippen LogP contribution < -0.4 is 10.2 Å². The van der Waals surface area contributed by atoms with E-state index in [1.54, 1.807) is 11.3 Å². The van der Waals surface area contributed by atoms with E-state index in [4.69, 9.17) is 4.98 Å². The van der Waals surface area contributed by atoms with Gasteiger partial charge in [-0.1, -0.05) is 20.3 Å². The summed E-state index contributed by atoms with van der Waals surface area (Å²) in [5, 5.41) is 6.87. The van der Waals surface area contributed by atoms with E-state index < -0.39 is 0 Å². The summed E-state index contributed by atoms with van der Waals surface area (Å²) in [6.07, 6.45) is 4.15. The van der Waals surface area contributed by atoms with Gasteiger partial charge in [-0.25, -0.2) is 4.98 Å². The van der Waals surface area contributed by atoms with Gasteiger partial charge in [0.1, 0.15) is 0 Å². The number of rotatable bonds is 4. The zero-order valence-electron chi connectivity index (χ0n) is 12.6. The van der Waals surface area contributed by atoms with Crippen LogP contribution in [0, 0.1) is 0 Å². The van der Waals surface area contributed by atoms with Gasteiger partial charge in [0.2, 0.25) is 0 Å². The van der Waals surface area contributed by atoms with Crippen molar-refractivity contribution in [1.29, 1.82) is 0 Å². The minimum atomic E-state index is 0.519. The Balaban J connectivity index is 1.59. The highest BCUT2D eigenvalue weighted by Gasteiger charge is 2.29. The number of hydrogen-bond donors (Lipinski definition) is 1. The van der Waals surface area contributed by atoms with Crippen molar-refractivity contribution in [2.24, 2.45) is 0 Å². The molecule has 1 unspecified atom stereocenters. The van der Waals surface area contributed by atoms with Gasteiger partial charge in [-0.05, 0) is 19.4 Å². The van der Waals surface area contributed by atoms with Crippen molar-refractivity contribution >= 4 is 16.5 Å². The second-order valence-electron chi connectivity index (χ2n) is 6.29. The highest BCUT2D eigenvalue weighted by Crippen LogP contribution is 2.27. The van der Waals surface area contributed by atoms with Gasteiger partial charge >= 0.3 is 0 Å². The van der Waals surface area contributed by atoms with Gasteiger partial charge < -0.3 is 10.2 Å². The molecule has 3 heterocycles. The van der Waals surface area contributed by atoms with Crippen molar-refractivity contribution in [2.45, 2.75) is 51.7 Å². The molecule has 0 spiro atoms. The summed E-state index contributed by atoms with van der Waals surface area (Å²) in [6.45, 7) is 10.1. The molecule has 2 aliphatic heterocycles. The summed E-state index contributed by atoms with van der Waals surface area (Å²) in [4.78, 5) is 9.98. The van der Waals surface area contributed by atoms with Gasteiger partial charge in [0, 0.05) is 43.6 Å². The molecular weight excluding hydrogens is 268 g/mol. The van der Waals surface area contributed by atoms with E-state index in [-0.39, 0.29) is 0 Å². The van der Waals surface area contributed by atoms with Gasteiger partial charge in [-0.15, -0.1) is 11.3 Å². The number of nitrogens with one attached hydrogen (secondary N) is 1. The molecule has 5 heteroatoms. The third kappa shape index (κ3) is 3.32. The predicted molar refractivity (Wildman–Crippen MR) is 85.5 cm³/mol. The average molecular weight is 294 g/mol. The first-order chi connectivity index (χ1) is 9.72. The number of nitrogens with zero attached hydrogens (tertiary/aromatic N) is 3. The molecule has 1 N–H and O–H groups in total. The summed E-state index contributed by atoms with van der Waals surface area (Å²) < 4.78 is 0. The molecule has 2 saturated heterocycles. The lowest BCUT2D eigenvalue weighted by Gasteiger charge is -2.44. The molecule has 3 rings (SSSR count). The second kappa shape index (κ2) is 6.41. The lowest BCUT2D eigenvalue weighted by molar-refractivity contribution is 0.133. The van der Waals surface area contributed by atoms with E-state index in [0.717, 1.165) is 19.1 Å². The van der Waals surface area contributed by atoms with Crippen LogP contribution in [0.15, 0.2) is 5.38 Å². The Labute approximate surface area is 126 Å². The van der Waals surface area contributed by atoms with Crippen LogP contribution in [0.1, 0.15) is 38.8 Å². The topological polar surface area (TPSA) is 31.4 Å². The fourth-order valence-electron chi connectivity index (χ4n) is 3.16. The Bertz CT molecular complexity index is 431. The molecule has 20 heavy (non-hydrogen) atoms. The molecule has 1 aromatic rings. The largest absolute Gasteiger partial charge is 0.345 e. The molecule has 2 fully saturated rings. The van der Waals surface area contributed by atoms with Crippen LogP contribution in [0.25, 0.3) is 0 Å². The number of fused-ring (bicyclic) bond motifs is 1. The molecule has 0 saturated carbocycles. The quantitative estimate of drug-likeness (QED) is 0.923. The number of piperazine rings is 1. The molecular formula is C15H26N4S. The van der Waals surface area contributed by atoms with Crippen LogP contribution in [-0.2, 0) is 6.54 Å². The molecule has 0 aliphatic carbocycles. The monoisotopic (exact) mass is 294 g/mol. The van der Waals surface area contributed by atoms with Gasteiger partial charge in [-0.3, -0.25) is 4.90 Å². The number of piperidine rings is 1. The third-order valence-electron chi connectivity index (χ3n) is 4.34. The van der Waals surface area contributed by atoms with E-state index in [1.807, 2.05) is 0 Å². The zero-order chi connectivity index (χ0) is 13.9. The first kappa shape index (κ1) is 14.3. The zero-order valence-corrected chi connectivity index (χ0v) is 13.5. The normalized spacial score (nSPS) is 24.1. The van der Waals surface area contributed by atoms with Gasteiger partial charge in [0.15, 0.2) is 5.13 Å². The summed E-state index contributed by atoms with van der Waals surface area (Å²) in [5.74, 6) is 0. The number of thiazole rings is 1. The standard InChI is InChI=1S/C15H26N4S/c1-12(2)16-9-13-11-20-15(17-13)19-8-7-18-6-4-3-5-14(18)10-19/h11-12,14,16H,3-10H2,1-2H3. The van der Waals surface area contributed by atoms with Crippen LogP contribution in [0.2, 0.25) is 0 Å². The SMILES string of the molecule is CC(C)NCc1csc(N2CCN3CCCCC3C2)n1. The van der Waals surface area contributed by atoms with E-state index in [1.165, 1.54) is 49.7 Å². The molecule has 112 valence electrons. The third-order valence-corrected chi connectivity index (χ3v) is 5.29. The fourth-order valence-corrected chi connectivity index (χ4v) is 4.02. The number of aromatic nitrogens is 1. The lowest BCUT2D eigenvalue weighted by Crippen LogP contribution is -2.54. The highest BCUT2D eigenvalue weighted by molar-refractivity contribution is 7.13. The Morgan fingerprint density at radius 2 is 2.25 bits per heavy atom. The van der Waals surface area contributed by atoms with Crippen LogP contribution in [0.5, 0.6) is 0 Å². The minimum Gasteiger partial charge on any atom is -0.345 e. The van der Waals surface area contributed by atoms with Gasteiger partial charge in [-0.2, -0.15) is 0 Å². The van der Waals surface area contributed by atoms with Crippen molar-refractivity contribution < 1.29 is 0 Å². The minimum absolute atomic E-state index is 0.519. The Kier molecular flexibility index (Phi) is 4.58. The van der Waals surface area contributed by atoms with Crippen LogP contribution >= 0.6 is 11.3 Å². The van der Waals surface area contributed by atoms with Crippen LogP contribution in [0.4, 0.5) is 5.13 Å². The molecule has 0 aromatic carbocycles. The second-order valence-corrected chi connectivity index (χ2v) is 7.13. The maximum atomic E-state index is 4.81. The van der Waals surface area contributed by atoms with E-state index in [0.29, 0.717) is 6.04 Å². The molecule has 1 aromatic heterocycles. The summed E-state index contributed by atoms with van der Waals surface area (Å²) in [6, 6.07) is 1.28. The fraction of sp³-hybridized carbons (Fsp3) is 0.800. The Morgan fingerprint density at radius 3 is 3.10 bits per heavy atom. The first-order valence-electron chi connectivity index (χ1n) is 7.89. The van der Waals surface area contributed by atoms with Gasteiger partial charge in [0.25, 0.3) is 0 Å². The van der Waals surface area contributed by atoms with Crippen molar-refractivity contribution in [3.05, 3.63) is 11.1 Å². The van der Waals surface area contributed by atoms with E-state index in [2.05, 4.69) is 34.3 Å². The first-order valence-corrected chi connectivity index (χ1v) is 8.77. The average Bonchev–Trinajstić information content (AvgIpc) is 2.93. The summed E-state index contributed by atoms with van der Waals surface area (Å²) in [7, 11) is 0. The highest BCUT2D eigenvalue weighted by atomic mass is 32.1. The van der Waals surface area contributed by atoms with Crippen LogP contribution in [-0.4, -0.2) is 48.1 Å². The molecule has 0 amide bonds. The van der Waals surface area contributed by atoms with E-state index >= 15 is 0 Å². The van der Waals surface area contributed by atoms with Crippen LogP contribution in [0.3, 0.4) is 0 Å². The maximum absolute atomic E-state index is 4.81. The predicted octanol–water partition coefficient (Wildman–Crippen LogP) is 2.32.